The number of hydrogen-bond acceptors (Lipinski definition) is 4. The number of ether oxygens (including phenoxy) is 2. The lowest BCUT2D eigenvalue weighted by atomic mass is 9.84. The Morgan fingerprint density at radius 1 is 1.25 bits per heavy atom. The quantitative estimate of drug-likeness (QED) is 0.811. The van der Waals surface area contributed by atoms with Gasteiger partial charge in [-0.2, -0.15) is 0 Å². The number of likely N-dealkylation sites (N-methyl/N-ethyl adjacent to an activating group) is 2. The van der Waals surface area contributed by atoms with Crippen molar-refractivity contribution in [3.05, 3.63) is 0 Å². The molecule has 1 saturated heterocycles. The molecule has 0 radical (unpaired) electrons. The smallest absolute Gasteiger partial charge is 0.170 e. The largest absolute Gasteiger partial charge is 0.347 e. The van der Waals surface area contributed by atoms with Gasteiger partial charge in [0.15, 0.2) is 5.79 Å². The first kappa shape index (κ1) is 16.2. The topological polar surface area (TPSA) is 33.7 Å². The van der Waals surface area contributed by atoms with E-state index in [9.17, 15) is 0 Å². The van der Waals surface area contributed by atoms with Gasteiger partial charge in [-0.05, 0) is 25.4 Å². The van der Waals surface area contributed by atoms with Crippen molar-refractivity contribution in [2.24, 2.45) is 5.92 Å². The molecule has 2 rings (SSSR count). The molecule has 4 heteroatoms. The molecule has 0 aromatic rings. The minimum absolute atomic E-state index is 0.291. The van der Waals surface area contributed by atoms with Crippen LogP contribution in [-0.4, -0.2) is 55.6 Å². The van der Waals surface area contributed by atoms with Gasteiger partial charge in [0.1, 0.15) is 0 Å². The van der Waals surface area contributed by atoms with Gasteiger partial charge >= 0.3 is 0 Å². The summed E-state index contributed by atoms with van der Waals surface area (Å²) in [6.45, 7) is 13.9. The number of nitrogens with zero attached hydrogens (tertiary/aromatic N) is 1. The standard InChI is InChI=1S/C16H32N2O2/c1-5-17-14-7-8-16(19-9-10-20-16)11-15(14)18(6-2)12-13(3)4/h13-15,17H,5-12H2,1-4H3. The molecule has 118 valence electrons. The number of rotatable bonds is 6. The monoisotopic (exact) mass is 284 g/mol. The van der Waals surface area contributed by atoms with E-state index < -0.39 is 0 Å². The van der Waals surface area contributed by atoms with Crippen LogP contribution in [0.3, 0.4) is 0 Å². The van der Waals surface area contributed by atoms with Crippen molar-refractivity contribution >= 4 is 0 Å². The van der Waals surface area contributed by atoms with Gasteiger partial charge in [-0.3, -0.25) is 4.90 Å². The highest BCUT2D eigenvalue weighted by Crippen LogP contribution is 2.38. The third-order valence-electron chi connectivity index (χ3n) is 4.58. The van der Waals surface area contributed by atoms with Crippen molar-refractivity contribution in [3.8, 4) is 0 Å². The van der Waals surface area contributed by atoms with E-state index in [1.165, 1.54) is 0 Å². The Morgan fingerprint density at radius 2 is 1.95 bits per heavy atom. The van der Waals surface area contributed by atoms with E-state index in [0.717, 1.165) is 52.1 Å². The van der Waals surface area contributed by atoms with Crippen LogP contribution in [0.25, 0.3) is 0 Å². The summed E-state index contributed by atoms with van der Waals surface area (Å²) in [4.78, 5) is 2.62. The van der Waals surface area contributed by atoms with Crippen LogP contribution in [0.4, 0.5) is 0 Å². The Kier molecular flexibility index (Phi) is 5.84. The summed E-state index contributed by atoms with van der Waals surface area (Å²) in [5.74, 6) is 0.404. The van der Waals surface area contributed by atoms with Crippen LogP contribution in [0.5, 0.6) is 0 Å². The summed E-state index contributed by atoms with van der Waals surface area (Å²) in [5, 5.41) is 3.68. The van der Waals surface area contributed by atoms with Crippen LogP contribution >= 0.6 is 0 Å². The zero-order valence-corrected chi connectivity index (χ0v) is 13.7. The molecule has 2 aliphatic rings. The summed E-state index contributed by atoms with van der Waals surface area (Å²) in [5.41, 5.74) is 0. The fourth-order valence-corrected chi connectivity index (χ4v) is 3.74. The molecule has 0 aromatic carbocycles. The lowest BCUT2D eigenvalue weighted by molar-refractivity contribution is -0.193. The van der Waals surface area contributed by atoms with Gasteiger partial charge in [-0.1, -0.05) is 27.7 Å². The summed E-state index contributed by atoms with van der Waals surface area (Å²) in [6, 6.07) is 1.09. The van der Waals surface area contributed by atoms with Crippen LogP contribution in [-0.2, 0) is 9.47 Å². The van der Waals surface area contributed by atoms with Gasteiger partial charge in [-0.15, -0.1) is 0 Å². The van der Waals surface area contributed by atoms with Crippen molar-refractivity contribution in [3.63, 3.8) is 0 Å². The molecule has 1 aliphatic heterocycles. The average Bonchev–Trinajstić information content (AvgIpc) is 2.87. The minimum atomic E-state index is -0.291. The fourth-order valence-electron chi connectivity index (χ4n) is 3.74. The van der Waals surface area contributed by atoms with Crippen molar-refractivity contribution in [2.75, 3.05) is 32.8 Å². The Labute approximate surface area is 124 Å². The van der Waals surface area contributed by atoms with E-state index in [-0.39, 0.29) is 5.79 Å². The molecule has 0 bridgehead atoms. The SMILES string of the molecule is CCNC1CCC2(CC1N(CC)CC(C)C)OCCO2. The zero-order chi connectivity index (χ0) is 14.6. The van der Waals surface area contributed by atoms with Gasteiger partial charge in [0.05, 0.1) is 13.2 Å². The van der Waals surface area contributed by atoms with E-state index in [1.54, 1.807) is 0 Å². The minimum Gasteiger partial charge on any atom is -0.347 e. The maximum Gasteiger partial charge on any atom is 0.170 e. The molecular formula is C16H32N2O2. The molecule has 2 unspecified atom stereocenters. The van der Waals surface area contributed by atoms with Crippen molar-refractivity contribution < 1.29 is 9.47 Å². The molecule has 1 spiro atoms. The predicted molar refractivity (Wildman–Crippen MR) is 81.8 cm³/mol. The Morgan fingerprint density at radius 3 is 2.50 bits per heavy atom. The highest BCUT2D eigenvalue weighted by atomic mass is 16.7. The molecule has 1 N–H and O–H groups in total. The van der Waals surface area contributed by atoms with E-state index in [4.69, 9.17) is 9.47 Å². The second kappa shape index (κ2) is 7.21. The Hall–Kier alpha value is -0.160. The molecule has 2 fully saturated rings. The van der Waals surface area contributed by atoms with Crippen LogP contribution in [0, 0.1) is 5.92 Å². The van der Waals surface area contributed by atoms with Crippen molar-refractivity contribution in [1.82, 2.24) is 10.2 Å². The highest BCUT2D eigenvalue weighted by Gasteiger charge is 2.46. The van der Waals surface area contributed by atoms with Gasteiger partial charge in [0, 0.05) is 31.5 Å². The summed E-state index contributed by atoms with van der Waals surface area (Å²) in [6.07, 6.45) is 3.18. The lowest BCUT2D eigenvalue weighted by Gasteiger charge is -2.46. The first-order valence-electron chi connectivity index (χ1n) is 8.35. The second-order valence-corrected chi connectivity index (χ2v) is 6.56. The van der Waals surface area contributed by atoms with E-state index in [0.29, 0.717) is 18.0 Å². The molecule has 0 aromatic heterocycles. The molecular weight excluding hydrogens is 252 g/mol. The number of hydrogen-bond donors (Lipinski definition) is 1. The summed E-state index contributed by atoms with van der Waals surface area (Å²) in [7, 11) is 0. The summed E-state index contributed by atoms with van der Waals surface area (Å²) < 4.78 is 11.9. The van der Waals surface area contributed by atoms with Gasteiger partial charge < -0.3 is 14.8 Å². The molecule has 0 amide bonds. The fraction of sp³-hybridized carbons (Fsp3) is 1.00. The normalized spacial score (nSPS) is 29.7. The van der Waals surface area contributed by atoms with Crippen LogP contribution in [0.1, 0.15) is 47.0 Å². The predicted octanol–water partition coefficient (Wildman–Crippen LogP) is 2.24. The Bertz CT molecular complexity index is 290. The van der Waals surface area contributed by atoms with Crippen LogP contribution < -0.4 is 5.32 Å². The second-order valence-electron chi connectivity index (χ2n) is 6.56. The number of nitrogens with one attached hydrogen (secondary N) is 1. The van der Waals surface area contributed by atoms with Crippen LogP contribution in [0.15, 0.2) is 0 Å². The molecule has 2 atom stereocenters. The average molecular weight is 284 g/mol. The third-order valence-corrected chi connectivity index (χ3v) is 4.58. The highest BCUT2D eigenvalue weighted by molar-refractivity contribution is 4.96. The van der Waals surface area contributed by atoms with Gasteiger partial charge in [0.25, 0.3) is 0 Å². The van der Waals surface area contributed by atoms with Crippen molar-refractivity contribution in [1.29, 1.82) is 0 Å². The van der Waals surface area contributed by atoms with E-state index in [2.05, 4.69) is 37.9 Å². The Balaban J connectivity index is 2.08. The first-order chi connectivity index (χ1) is 9.60. The van der Waals surface area contributed by atoms with Gasteiger partial charge in [0.2, 0.25) is 0 Å². The maximum atomic E-state index is 5.96. The maximum absolute atomic E-state index is 5.96. The van der Waals surface area contributed by atoms with E-state index in [1.807, 2.05) is 0 Å². The summed E-state index contributed by atoms with van der Waals surface area (Å²) >= 11 is 0. The third kappa shape index (κ3) is 3.73. The van der Waals surface area contributed by atoms with Crippen molar-refractivity contribution in [2.45, 2.75) is 64.8 Å². The van der Waals surface area contributed by atoms with Gasteiger partial charge in [-0.25, -0.2) is 0 Å². The molecule has 1 heterocycles. The first-order valence-corrected chi connectivity index (χ1v) is 8.35. The zero-order valence-electron chi connectivity index (χ0n) is 13.7. The molecule has 20 heavy (non-hydrogen) atoms. The molecule has 1 aliphatic carbocycles. The van der Waals surface area contributed by atoms with Crippen LogP contribution in [0.2, 0.25) is 0 Å². The molecule has 1 saturated carbocycles. The van der Waals surface area contributed by atoms with E-state index >= 15 is 0 Å². The lowest BCUT2D eigenvalue weighted by Crippen LogP contribution is -2.58. The molecule has 4 nitrogen and oxygen atoms in total.